The van der Waals surface area contributed by atoms with E-state index in [1.807, 2.05) is 65.8 Å². The van der Waals surface area contributed by atoms with E-state index in [-0.39, 0.29) is 12.7 Å². The molecule has 5 rings (SSSR count). The molecule has 0 saturated carbocycles. The molecule has 7 heteroatoms. The second kappa shape index (κ2) is 9.48. The van der Waals surface area contributed by atoms with E-state index in [9.17, 15) is 14.7 Å². The highest BCUT2D eigenvalue weighted by Crippen LogP contribution is 2.44. The van der Waals surface area contributed by atoms with Crippen molar-refractivity contribution in [1.82, 2.24) is 4.90 Å². The number of ether oxygens (including phenoxy) is 3. The summed E-state index contributed by atoms with van der Waals surface area (Å²) in [6, 6.07) is 13.3. The number of aryl methyl sites for hydroxylation is 1. The van der Waals surface area contributed by atoms with Gasteiger partial charge in [0.05, 0.1) is 5.60 Å². The Morgan fingerprint density at radius 1 is 0.921 bits per heavy atom. The van der Waals surface area contributed by atoms with E-state index in [1.54, 1.807) is 23.1 Å². The minimum Gasteiger partial charge on any atom is -0.479 e. The van der Waals surface area contributed by atoms with Crippen molar-refractivity contribution in [3.63, 3.8) is 0 Å². The van der Waals surface area contributed by atoms with E-state index in [2.05, 4.69) is 0 Å². The van der Waals surface area contributed by atoms with Gasteiger partial charge in [-0.15, -0.1) is 0 Å². The quantitative estimate of drug-likeness (QED) is 0.442. The van der Waals surface area contributed by atoms with Gasteiger partial charge in [-0.1, -0.05) is 29.8 Å². The van der Waals surface area contributed by atoms with Crippen LogP contribution in [0.3, 0.4) is 0 Å². The van der Waals surface area contributed by atoms with Crippen LogP contribution in [0.5, 0.6) is 11.5 Å². The van der Waals surface area contributed by atoms with Crippen molar-refractivity contribution >= 4 is 11.9 Å². The van der Waals surface area contributed by atoms with Gasteiger partial charge in [0.15, 0.2) is 17.6 Å². The van der Waals surface area contributed by atoms with Crippen molar-refractivity contribution in [2.45, 2.75) is 66.3 Å². The Kier molecular flexibility index (Phi) is 6.43. The molecular formula is C31H33NO6. The number of nitrogens with zero attached hydrogens (tertiary/aromatic N) is 1. The Bertz CT molecular complexity index is 1430. The summed E-state index contributed by atoms with van der Waals surface area (Å²) < 4.78 is 17.0. The van der Waals surface area contributed by atoms with Gasteiger partial charge < -0.3 is 24.2 Å². The van der Waals surface area contributed by atoms with E-state index in [4.69, 9.17) is 14.2 Å². The van der Waals surface area contributed by atoms with Crippen LogP contribution in [0, 0.1) is 20.8 Å². The van der Waals surface area contributed by atoms with Gasteiger partial charge in [0, 0.05) is 24.2 Å². The number of fused-ring (bicyclic) bond motifs is 2. The van der Waals surface area contributed by atoms with E-state index in [0.29, 0.717) is 35.7 Å². The van der Waals surface area contributed by atoms with Crippen LogP contribution in [0.25, 0.3) is 11.1 Å². The van der Waals surface area contributed by atoms with Crippen LogP contribution < -0.4 is 9.47 Å². The Labute approximate surface area is 222 Å². The lowest BCUT2D eigenvalue weighted by Crippen LogP contribution is -2.28. The first-order chi connectivity index (χ1) is 17.9. The van der Waals surface area contributed by atoms with Gasteiger partial charge >= 0.3 is 5.97 Å². The summed E-state index contributed by atoms with van der Waals surface area (Å²) in [5.41, 5.74) is 7.24. The van der Waals surface area contributed by atoms with Crippen LogP contribution in [0.15, 0.2) is 42.5 Å². The van der Waals surface area contributed by atoms with Gasteiger partial charge in [-0.3, -0.25) is 4.79 Å². The molecule has 38 heavy (non-hydrogen) atoms. The van der Waals surface area contributed by atoms with Crippen LogP contribution in [0.1, 0.15) is 70.6 Å². The molecule has 7 nitrogen and oxygen atoms in total. The maximum absolute atomic E-state index is 13.6. The number of hydrogen-bond acceptors (Lipinski definition) is 5. The van der Waals surface area contributed by atoms with Gasteiger partial charge in [0.25, 0.3) is 5.91 Å². The molecular weight excluding hydrogens is 482 g/mol. The molecule has 2 aliphatic heterocycles. The number of carbonyl (C=O) groups is 2. The third kappa shape index (κ3) is 4.63. The minimum absolute atomic E-state index is 0.113. The van der Waals surface area contributed by atoms with E-state index in [0.717, 1.165) is 38.9 Å². The third-order valence-electron chi connectivity index (χ3n) is 7.22. The van der Waals surface area contributed by atoms with E-state index >= 15 is 0 Å². The van der Waals surface area contributed by atoms with Gasteiger partial charge in [-0.2, -0.15) is 0 Å². The molecule has 0 aliphatic carbocycles. The Hall–Kier alpha value is -3.84. The van der Waals surface area contributed by atoms with Crippen LogP contribution in [0.4, 0.5) is 0 Å². The number of benzene rings is 3. The first kappa shape index (κ1) is 25.8. The average molecular weight is 516 g/mol. The monoisotopic (exact) mass is 515 g/mol. The fourth-order valence-electron chi connectivity index (χ4n) is 5.38. The number of carboxylic acids is 1. The lowest BCUT2D eigenvalue weighted by Gasteiger charge is -2.29. The van der Waals surface area contributed by atoms with Crippen molar-refractivity contribution in [2.24, 2.45) is 0 Å². The maximum atomic E-state index is 13.6. The molecule has 2 heterocycles. The van der Waals surface area contributed by atoms with Crippen LogP contribution in [0.2, 0.25) is 0 Å². The standard InChI is InChI=1S/C31H33NO6/c1-17-7-9-20(10-8-17)26-18(2)22-14-32(29(33)21-11-12-24-25(13-21)37-16-36-24)15-23(22)19(3)27(26)28(30(34)35)38-31(4,5)6/h7-13,28H,14-16H2,1-6H3,(H,34,35). The molecule has 0 saturated heterocycles. The number of carboxylic acid groups (broad SMARTS) is 1. The zero-order valence-corrected chi connectivity index (χ0v) is 22.7. The molecule has 0 radical (unpaired) electrons. The molecule has 1 atom stereocenters. The molecule has 198 valence electrons. The van der Waals surface area contributed by atoms with Crippen molar-refractivity contribution < 1.29 is 28.9 Å². The summed E-state index contributed by atoms with van der Waals surface area (Å²) >= 11 is 0. The molecule has 2 aliphatic rings. The highest BCUT2D eigenvalue weighted by Gasteiger charge is 2.36. The summed E-state index contributed by atoms with van der Waals surface area (Å²) in [7, 11) is 0. The Morgan fingerprint density at radius 3 is 2.18 bits per heavy atom. The third-order valence-corrected chi connectivity index (χ3v) is 7.22. The fraction of sp³-hybridized carbons (Fsp3) is 0.355. The highest BCUT2D eigenvalue weighted by molar-refractivity contribution is 5.95. The molecule has 0 fully saturated rings. The molecule has 0 aromatic heterocycles. The molecule has 0 bridgehead atoms. The molecule has 3 aromatic rings. The highest BCUT2D eigenvalue weighted by atomic mass is 16.7. The van der Waals surface area contributed by atoms with Gasteiger partial charge in [-0.05, 0) is 93.1 Å². The predicted molar refractivity (Wildman–Crippen MR) is 143 cm³/mol. The molecule has 3 aromatic carbocycles. The minimum atomic E-state index is -1.16. The van der Waals surface area contributed by atoms with Gasteiger partial charge in [0.1, 0.15) is 0 Å². The average Bonchev–Trinajstić information content (AvgIpc) is 3.52. The summed E-state index contributed by atoms with van der Waals surface area (Å²) in [5.74, 6) is 0.0378. The van der Waals surface area contributed by atoms with E-state index < -0.39 is 17.7 Å². The summed E-state index contributed by atoms with van der Waals surface area (Å²) in [5, 5.41) is 10.3. The van der Waals surface area contributed by atoms with Crippen molar-refractivity contribution in [1.29, 1.82) is 0 Å². The van der Waals surface area contributed by atoms with Crippen molar-refractivity contribution in [2.75, 3.05) is 6.79 Å². The number of carbonyl (C=O) groups excluding carboxylic acids is 1. The van der Waals surface area contributed by atoms with Gasteiger partial charge in [-0.25, -0.2) is 4.79 Å². The lowest BCUT2D eigenvalue weighted by atomic mass is 9.83. The maximum Gasteiger partial charge on any atom is 0.337 e. The molecule has 1 N–H and O–H groups in total. The number of amides is 1. The second-order valence-electron chi connectivity index (χ2n) is 11.0. The zero-order valence-electron chi connectivity index (χ0n) is 22.7. The first-order valence-corrected chi connectivity index (χ1v) is 12.8. The summed E-state index contributed by atoms with van der Waals surface area (Å²) in [4.78, 5) is 28.0. The normalized spacial score (nSPS) is 14.9. The second-order valence-corrected chi connectivity index (χ2v) is 11.0. The number of rotatable bonds is 5. The van der Waals surface area contributed by atoms with Crippen LogP contribution in [-0.2, 0) is 22.6 Å². The van der Waals surface area contributed by atoms with Crippen LogP contribution >= 0.6 is 0 Å². The van der Waals surface area contributed by atoms with Crippen LogP contribution in [-0.4, -0.2) is 34.3 Å². The fourth-order valence-corrected chi connectivity index (χ4v) is 5.38. The molecule has 0 spiro atoms. The summed E-state index contributed by atoms with van der Waals surface area (Å²) in [6.45, 7) is 12.5. The Balaban J connectivity index is 1.62. The predicted octanol–water partition coefficient (Wildman–Crippen LogP) is 6.10. The topological polar surface area (TPSA) is 85.3 Å². The first-order valence-electron chi connectivity index (χ1n) is 12.8. The number of aliphatic carboxylic acids is 1. The smallest absolute Gasteiger partial charge is 0.337 e. The van der Waals surface area contributed by atoms with Gasteiger partial charge in [0.2, 0.25) is 6.79 Å². The number of hydrogen-bond donors (Lipinski definition) is 1. The SMILES string of the molecule is Cc1ccc(-c2c(C)c3c(c(C)c2C(OC(C)(C)C)C(=O)O)CN(C(=O)c2ccc4c(c2)OCO4)C3)cc1. The van der Waals surface area contributed by atoms with Crippen molar-refractivity contribution in [3.8, 4) is 22.6 Å². The lowest BCUT2D eigenvalue weighted by molar-refractivity contribution is -0.160. The molecule has 1 unspecified atom stereocenters. The largest absolute Gasteiger partial charge is 0.479 e. The molecule has 1 amide bonds. The summed E-state index contributed by atoms with van der Waals surface area (Å²) in [6.07, 6.45) is -1.16. The van der Waals surface area contributed by atoms with E-state index in [1.165, 1.54) is 0 Å². The Morgan fingerprint density at radius 2 is 1.55 bits per heavy atom. The van der Waals surface area contributed by atoms with Crippen molar-refractivity contribution in [3.05, 3.63) is 81.4 Å². The zero-order chi connectivity index (χ0) is 27.4.